The summed E-state index contributed by atoms with van der Waals surface area (Å²) in [7, 11) is -2.86. The van der Waals surface area contributed by atoms with Gasteiger partial charge in [-0.15, -0.1) is 0 Å². The Morgan fingerprint density at radius 3 is 0.824 bits per heavy atom. The molecule has 0 aliphatic carbocycles. The Morgan fingerprint density at radius 1 is 0.824 bits per heavy atom. The van der Waals surface area contributed by atoms with Gasteiger partial charge in [0.15, 0.2) is 0 Å². The molecule has 0 atom stereocenters. The molecule has 0 aromatic rings. The third-order valence-electron chi connectivity index (χ3n) is 0. The van der Waals surface area contributed by atoms with Crippen LogP contribution in [0.1, 0.15) is 0 Å². The van der Waals surface area contributed by atoms with Crippen molar-refractivity contribution in [3.05, 3.63) is 0 Å². The molecule has 10 nitrogen and oxygen atoms in total. The summed E-state index contributed by atoms with van der Waals surface area (Å²) in [6.45, 7) is -7.61. The van der Waals surface area contributed by atoms with Crippen LogP contribution in [0.15, 0.2) is 0 Å². The molecule has 0 radical (unpaired) electrons. The SMILES string of the molecule is O=[S-](=O)O.OP(O)(O)=S.OP(O)(O)=S.[Mo].[O]=[Mo]. The normalized spacial score (nSPS) is 9.18. The summed E-state index contributed by atoms with van der Waals surface area (Å²) in [6.07, 6.45) is 0. The van der Waals surface area contributed by atoms with Crippen molar-refractivity contribution in [1.29, 1.82) is 0 Å². The maximum atomic E-state index is 8.56. The zero-order valence-electron chi connectivity index (χ0n) is 7.29. The van der Waals surface area contributed by atoms with Gasteiger partial charge in [0, 0.05) is 32.1 Å². The molecular weight excluding hydrogens is 510 g/mol. The van der Waals surface area contributed by atoms with E-state index in [-0.39, 0.29) is 21.1 Å². The van der Waals surface area contributed by atoms with E-state index in [9.17, 15) is 0 Å². The van der Waals surface area contributed by atoms with Crippen LogP contribution in [0.4, 0.5) is 0 Å². The fourth-order valence-electron chi connectivity index (χ4n) is 0. The Morgan fingerprint density at radius 2 is 0.824 bits per heavy atom. The summed E-state index contributed by atoms with van der Waals surface area (Å²) in [5, 5.41) is 0. The van der Waals surface area contributed by atoms with E-state index in [1.165, 1.54) is 0 Å². The molecule has 0 unspecified atom stereocenters. The van der Waals surface area contributed by atoms with Gasteiger partial charge in [0.2, 0.25) is 0 Å². The average molecular weight is 517 g/mol. The fraction of sp³-hybridized carbons (Fsp3) is 0. The molecule has 0 aromatic heterocycles. The van der Waals surface area contributed by atoms with Crippen LogP contribution in [0.2, 0.25) is 0 Å². The van der Waals surface area contributed by atoms with Crippen molar-refractivity contribution >= 4 is 48.0 Å². The van der Waals surface area contributed by atoms with Crippen molar-refractivity contribution < 1.29 is 86.6 Å². The van der Waals surface area contributed by atoms with E-state index in [0.29, 0.717) is 19.8 Å². The fourth-order valence-corrected chi connectivity index (χ4v) is 0. The van der Waals surface area contributed by atoms with Crippen LogP contribution < -0.4 is 0 Å². The van der Waals surface area contributed by atoms with Gasteiger partial charge >= 0.3 is 36.6 Å². The van der Waals surface area contributed by atoms with Crippen molar-refractivity contribution in [1.82, 2.24) is 0 Å². The van der Waals surface area contributed by atoms with Gasteiger partial charge in [-0.05, 0) is 23.6 Å². The summed E-state index contributed by atoms with van der Waals surface area (Å²) < 4.78 is 32.3. The van der Waals surface area contributed by atoms with Crippen LogP contribution in [-0.2, 0) is 87.3 Å². The summed E-state index contributed by atoms with van der Waals surface area (Å²) in [5.74, 6) is 0. The zero-order chi connectivity index (χ0) is 14.6. The van der Waals surface area contributed by atoms with Crippen LogP contribution in [-0.4, -0.2) is 33.9 Å². The molecule has 17 heavy (non-hydrogen) atoms. The van der Waals surface area contributed by atoms with Gasteiger partial charge < -0.3 is 42.3 Å². The molecule has 0 aromatic carbocycles. The van der Waals surface area contributed by atoms with Crippen molar-refractivity contribution in [2.45, 2.75) is 0 Å². The minimum atomic E-state index is -3.81. The molecule has 0 spiro atoms. The minimum absolute atomic E-state index is 0. The van der Waals surface area contributed by atoms with Crippen molar-refractivity contribution in [3.63, 3.8) is 0 Å². The predicted octanol–water partition coefficient (Wildman–Crippen LogP) is -1.98. The Hall–Kier alpha value is 2.15. The first-order valence-corrected chi connectivity index (χ1v) is 9.42. The third kappa shape index (κ3) is 1030. The molecule has 0 aliphatic rings. The van der Waals surface area contributed by atoms with Crippen LogP contribution in [0.5, 0.6) is 0 Å². The summed E-state index contributed by atoms with van der Waals surface area (Å²) >= 11 is 7.91. The quantitative estimate of drug-likeness (QED) is 0.0617. The monoisotopic (exact) mass is 521 g/mol. The van der Waals surface area contributed by atoms with Gasteiger partial charge in [0.05, 0.1) is 0 Å². The Labute approximate surface area is 133 Å². The van der Waals surface area contributed by atoms with E-state index in [1.54, 1.807) is 0 Å². The van der Waals surface area contributed by atoms with E-state index >= 15 is 0 Å². The Bertz CT molecular complexity index is 256. The molecule has 0 bridgehead atoms. The van der Waals surface area contributed by atoms with Gasteiger partial charge in [-0.1, -0.05) is 0 Å². The number of hydrogen-bond donors (Lipinski definition) is 7. The first-order valence-electron chi connectivity index (χ1n) is 2.25. The maximum absolute atomic E-state index is 8.56. The summed E-state index contributed by atoms with van der Waals surface area (Å²) in [5.41, 5.74) is 0. The second-order valence-corrected chi connectivity index (χ2v) is 6.67. The molecule has 0 amide bonds. The van der Waals surface area contributed by atoms with Crippen molar-refractivity contribution in [3.8, 4) is 0 Å². The van der Waals surface area contributed by atoms with E-state index < -0.39 is 24.4 Å². The standard InChI is InChI=1S/2Mo.2H3O3PS.HO3S.O/c;;2*1-4(2,3)5;1-4(2)3;/h;;2*(H3,1,2,3,5);(H,1,2,3);/q;;;;-1;. The van der Waals surface area contributed by atoms with E-state index in [2.05, 4.69) is 23.6 Å². The molecule has 0 heterocycles. The molecule has 7 N–H and O–H groups in total. The molecule has 0 fully saturated rings. The van der Waals surface area contributed by atoms with E-state index in [1.807, 2.05) is 0 Å². The molecule has 0 saturated carbocycles. The molecule has 108 valence electrons. The van der Waals surface area contributed by atoms with Gasteiger partial charge in [-0.2, -0.15) is 0 Å². The van der Waals surface area contributed by atoms with Gasteiger partial charge in [-0.3, -0.25) is 0 Å². The predicted molar refractivity (Wildman–Crippen MR) is 53.9 cm³/mol. The van der Waals surface area contributed by atoms with Crippen LogP contribution >= 0.6 is 13.4 Å². The average Bonchev–Trinajstić information content (AvgIpc) is 1.80. The first kappa shape index (κ1) is 31.5. The van der Waals surface area contributed by atoms with Crippen LogP contribution in [0.3, 0.4) is 0 Å². The molecule has 17 heteroatoms. The van der Waals surface area contributed by atoms with Crippen molar-refractivity contribution in [2.75, 3.05) is 0 Å². The topological polar surface area (TPSA) is 193 Å². The van der Waals surface area contributed by atoms with Crippen LogP contribution in [0, 0.1) is 0 Å². The van der Waals surface area contributed by atoms with Gasteiger partial charge in [-0.25, -0.2) is 0 Å². The number of rotatable bonds is 0. The van der Waals surface area contributed by atoms with Crippen molar-refractivity contribution in [2.24, 2.45) is 0 Å². The Kier molecular flexibility index (Phi) is 33.6. The molecular formula is H7Mo2O10P2S3-. The molecule has 0 rings (SSSR count). The summed E-state index contributed by atoms with van der Waals surface area (Å²) in [4.78, 5) is 45.3. The second kappa shape index (κ2) is 18.1. The van der Waals surface area contributed by atoms with E-state index in [4.69, 9.17) is 45.7 Å². The van der Waals surface area contributed by atoms with E-state index in [0.717, 1.165) is 0 Å². The van der Waals surface area contributed by atoms with Gasteiger partial charge in [0.25, 0.3) is 0 Å². The molecule has 0 saturated heterocycles. The first-order chi connectivity index (χ1) is 6.73. The Balaban J connectivity index is -0.0000000386. The van der Waals surface area contributed by atoms with Crippen LogP contribution in [0.25, 0.3) is 0 Å². The third-order valence-corrected chi connectivity index (χ3v) is 0. The second-order valence-electron chi connectivity index (χ2n) is 1.24. The number of hydrogen-bond acceptors (Lipinski definition) is 6. The van der Waals surface area contributed by atoms with Gasteiger partial charge in [0.1, 0.15) is 0 Å². The molecule has 0 aliphatic heterocycles. The summed E-state index contributed by atoms with van der Waals surface area (Å²) in [6, 6.07) is 0. The zero-order valence-corrected chi connectivity index (χ0v) is 15.5.